The van der Waals surface area contributed by atoms with Crippen LogP contribution in [0.3, 0.4) is 0 Å². The summed E-state index contributed by atoms with van der Waals surface area (Å²) in [7, 11) is 0. The minimum atomic E-state index is -2.84. The van der Waals surface area contributed by atoms with Crippen molar-refractivity contribution in [2.75, 3.05) is 0 Å². The lowest BCUT2D eigenvalue weighted by molar-refractivity contribution is -0.165. The number of esters is 4. The molecule has 0 amide bonds. The second-order valence-electron chi connectivity index (χ2n) is 20.9. The summed E-state index contributed by atoms with van der Waals surface area (Å²) >= 11 is 1.59. The Morgan fingerprint density at radius 3 is 0.860 bits per heavy atom. The number of ketones is 4. The van der Waals surface area contributed by atoms with Crippen LogP contribution in [-0.4, -0.2) is 57.0 Å². The van der Waals surface area contributed by atoms with Gasteiger partial charge in [0.05, 0.1) is 32.3 Å². The Morgan fingerprint density at radius 1 is 0.360 bits per heavy atom. The van der Waals surface area contributed by atoms with Gasteiger partial charge in [-0.2, -0.15) is 0 Å². The molecular weight excluding hydrogens is 1120 g/mol. The zero-order valence-corrected chi connectivity index (χ0v) is 46.7. The molecule has 4 aliphatic rings. The number of hydrogen-bond acceptors (Lipinski definition) is 16. The standard InChI is InChI=1S/C70H42N2O12S2/c73-57-47-29-43-25-13-14-26-44(43)30-48(47)58(74)51(57)33-53-71-63-62(86-53)56-55(69(63,65(77)81-35-39-17-5-1-6-18-39)66(78)82-36-40-19-7-2-8-20-40)61-64(72-54(85-61)34-52-59(75)49-31-45-27-15-16-28-46(45)32-50(49)60(52)76)70(56,67(79)83-37-41-21-9-3-10-22-41)68(80)84-38-42-23-11-4-12-24-42/h1-34H,35-38H2. The molecular formula is C70H42N2O12S2. The lowest BCUT2D eigenvalue weighted by Crippen LogP contribution is -2.46. The number of carbonyl (C=O) groups is 8. The highest BCUT2D eigenvalue weighted by molar-refractivity contribution is 7.16. The maximum Gasteiger partial charge on any atom is 0.334 e. The third-order valence-corrected chi connectivity index (χ3v) is 17.8. The molecule has 14 rings (SSSR count). The number of nitrogens with zero attached hydrogens (tertiary/aromatic N) is 2. The SMILES string of the molecule is O=C1C(=Cc2nc3c(s2)C2=C(c4sc(C=C5C(=O)c6cc7ccccc7cc6C5=O)nc4C2(C(=O)OCc2ccccc2)C(=O)OCc2ccccc2)C3(C(=O)OCc2ccccc2)C(=O)OCc2ccccc2)C(=O)c2cc3ccccc3cc21. The first-order valence-corrected chi connectivity index (χ1v) is 28.9. The Balaban J connectivity index is 1.02. The van der Waals surface area contributed by atoms with E-state index in [0.717, 1.165) is 44.2 Å². The van der Waals surface area contributed by atoms with Crippen molar-refractivity contribution in [3.63, 3.8) is 0 Å². The van der Waals surface area contributed by atoms with Crippen molar-refractivity contribution in [3.8, 4) is 0 Å². The molecule has 0 aliphatic heterocycles. The normalized spacial score (nSPS) is 14.8. The first-order chi connectivity index (χ1) is 41.9. The van der Waals surface area contributed by atoms with E-state index in [1.54, 1.807) is 146 Å². The largest absolute Gasteiger partial charge is 0.459 e. The maximum atomic E-state index is 16.1. The minimum Gasteiger partial charge on any atom is -0.459 e. The fourth-order valence-electron chi connectivity index (χ4n) is 11.6. The Hall–Kier alpha value is -10.7. The Bertz CT molecular complexity index is 4170. The molecule has 8 aromatic carbocycles. The van der Waals surface area contributed by atoms with Crippen molar-refractivity contribution < 1.29 is 57.3 Å². The van der Waals surface area contributed by atoms with Crippen LogP contribution in [-0.2, 0) is 75.4 Å². The summed E-state index contributed by atoms with van der Waals surface area (Å²) in [6, 6.07) is 55.8. The first kappa shape index (κ1) is 53.3. The highest BCUT2D eigenvalue weighted by atomic mass is 32.1. The number of thiazole rings is 2. The molecule has 4 aliphatic carbocycles. The molecule has 0 spiro atoms. The van der Waals surface area contributed by atoms with Crippen molar-refractivity contribution in [1.82, 2.24) is 9.97 Å². The van der Waals surface area contributed by atoms with E-state index in [-0.39, 0.29) is 75.7 Å². The molecule has 0 saturated carbocycles. The van der Waals surface area contributed by atoms with Crippen LogP contribution < -0.4 is 0 Å². The molecule has 0 bridgehead atoms. The van der Waals surface area contributed by atoms with Crippen molar-refractivity contribution in [3.05, 3.63) is 281 Å². The van der Waals surface area contributed by atoms with Gasteiger partial charge in [0.25, 0.3) is 0 Å². The number of hydrogen-bond donors (Lipinski definition) is 0. The molecule has 0 N–H and O–H groups in total. The quantitative estimate of drug-likeness (QED) is 0.0327. The van der Waals surface area contributed by atoms with E-state index in [4.69, 9.17) is 28.9 Å². The van der Waals surface area contributed by atoms with E-state index >= 15 is 19.2 Å². The van der Waals surface area contributed by atoms with Crippen molar-refractivity contribution >= 4 is 115 Å². The van der Waals surface area contributed by atoms with Crippen molar-refractivity contribution in [2.24, 2.45) is 0 Å². The van der Waals surface area contributed by atoms with Crippen molar-refractivity contribution in [1.29, 1.82) is 0 Å². The number of ether oxygens (including phenoxy) is 4. The number of rotatable bonds is 14. The number of carbonyl (C=O) groups excluding carboxylic acids is 8. The molecule has 2 aromatic heterocycles. The van der Waals surface area contributed by atoms with Gasteiger partial charge in [0.1, 0.15) is 36.4 Å². The Morgan fingerprint density at radius 2 is 0.605 bits per heavy atom. The van der Waals surface area contributed by atoms with Crippen LogP contribution in [0.25, 0.3) is 44.8 Å². The second-order valence-corrected chi connectivity index (χ2v) is 22.9. The van der Waals surface area contributed by atoms with Gasteiger partial charge < -0.3 is 18.9 Å². The fourth-order valence-corrected chi connectivity index (χ4v) is 14.0. The lowest BCUT2D eigenvalue weighted by Gasteiger charge is -2.27. The van der Waals surface area contributed by atoms with Gasteiger partial charge in [-0.05, 0) is 80.2 Å². The smallest absolute Gasteiger partial charge is 0.334 e. The van der Waals surface area contributed by atoms with Gasteiger partial charge in [-0.15, -0.1) is 22.7 Å². The van der Waals surface area contributed by atoms with Gasteiger partial charge >= 0.3 is 23.9 Å². The van der Waals surface area contributed by atoms with E-state index < -0.39 is 84.3 Å². The van der Waals surface area contributed by atoms with Crippen LogP contribution >= 0.6 is 22.7 Å². The molecule has 0 unspecified atom stereocenters. The third-order valence-electron chi connectivity index (χ3n) is 15.8. The first-order valence-electron chi connectivity index (χ1n) is 27.2. The van der Waals surface area contributed by atoms with Gasteiger partial charge in [-0.1, -0.05) is 170 Å². The highest BCUT2D eigenvalue weighted by Crippen LogP contribution is 2.66. The predicted molar refractivity (Wildman–Crippen MR) is 321 cm³/mol. The van der Waals surface area contributed by atoms with E-state index in [2.05, 4.69) is 0 Å². The zero-order chi connectivity index (χ0) is 58.8. The molecule has 0 fully saturated rings. The molecule has 416 valence electrons. The minimum absolute atomic E-state index is 0.0740. The number of fused-ring (bicyclic) bond motifs is 8. The molecule has 2 heterocycles. The molecule has 0 atom stereocenters. The van der Waals surface area contributed by atoms with Crippen LogP contribution in [0, 0.1) is 0 Å². The van der Waals surface area contributed by atoms with Crippen molar-refractivity contribution in [2.45, 2.75) is 37.3 Å². The summed E-state index contributed by atoms with van der Waals surface area (Å²) in [5.74, 6) is -7.37. The molecule has 0 radical (unpaired) electrons. The number of allylic oxidation sites excluding steroid dienone is 2. The number of benzene rings is 8. The summed E-state index contributed by atoms with van der Waals surface area (Å²) < 4.78 is 25.0. The molecule has 0 saturated heterocycles. The van der Waals surface area contributed by atoms with Gasteiger partial charge in [-0.25, -0.2) is 9.97 Å². The summed E-state index contributed by atoms with van der Waals surface area (Å²) in [5.41, 5.74) is -4.74. The number of aromatic nitrogens is 2. The van der Waals surface area contributed by atoms with E-state index in [0.29, 0.717) is 22.3 Å². The van der Waals surface area contributed by atoms with E-state index in [1.807, 2.05) is 48.5 Å². The van der Waals surface area contributed by atoms with Crippen LogP contribution in [0.1, 0.15) is 94.8 Å². The zero-order valence-electron chi connectivity index (χ0n) is 45.1. The lowest BCUT2D eigenvalue weighted by atomic mass is 9.79. The number of Topliss-reactive ketones (excluding diaryl/α,β-unsaturated/α-hetero) is 4. The predicted octanol–water partition coefficient (Wildman–Crippen LogP) is 12.2. The van der Waals surface area contributed by atoms with E-state index in [1.165, 1.54) is 12.2 Å². The molecule has 10 aromatic rings. The third kappa shape index (κ3) is 8.59. The highest BCUT2D eigenvalue weighted by Gasteiger charge is 2.73. The molecule has 16 heteroatoms. The van der Waals surface area contributed by atoms with Crippen LogP contribution in [0.5, 0.6) is 0 Å². The summed E-state index contributed by atoms with van der Waals surface area (Å²) in [5, 5.41) is 2.76. The molecule has 86 heavy (non-hydrogen) atoms. The summed E-state index contributed by atoms with van der Waals surface area (Å²) in [6.07, 6.45) is 2.53. The van der Waals surface area contributed by atoms with Gasteiger partial charge in [0.2, 0.25) is 10.8 Å². The van der Waals surface area contributed by atoms with Crippen LogP contribution in [0.4, 0.5) is 0 Å². The van der Waals surface area contributed by atoms with Crippen LogP contribution in [0.2, 0.25) is 0 Å². The topological polar surface area (TPSA) is 199 Å². The van der Waals surface area contributed by atoms with Gasteiger partial charge in [0, 0.05) is 33.4 Å². The monoisotopic (exact) mass is 1170 g/mol. The summed E-state index contributed by atoms with van der Waals surface area (Å²) in [4.78, 5) is 132. The van der Waals surface area contributed by atoms with Gasteiger partial charge in [-0.3, -0.25) is 38.4 Å². The average molecular weight is 1170 g/mol. The maximum absolute atomic E-state index is 16.1. The molecule has 14 nitrogen and oxygen atoms in total. The van der Waals surface area contributed by atoms with Gasteiger partial charge in [0.15, 0.2) is 23.1 Å². The second kappa shape index (κ2) is 21.2. The van der Waals surface area contributed by atoms with Crippen LogP contribution in [0.15, 0.2) is 205 Å². The Kier molecular flexibility index (Phi) is 13.1. The Labute approximate surface area is 497 Å². The van der Waals surface area contributed by atoms with E-state index in [9.17, 15) is 19.2 Å². The summed E-state index contributed by atoms with van der Waals surface area (Å²) in [6.45, 7) is -1.56. The fraction of sp³-hybridized carbons (Fsp3) is 0.0857. The average Bonchev–Trinajstić information content (AvgIpc) is 1.49.